The van der Waals surface area contributed by atoms with Crippen molar-refractivity contribution < 1.29 is 19.1 Å². The fraction of sp³-hybridized carbons (Fsp3) is 0.517. The van der Waals surface area contributed by atoms with E-state index in [1.165, 1.54) is 12.8 Å². The Hall–Kier alpha value is -3.02. The van der Waals surface area contributed by atoms with E-state index in [0.717, 1.165) is 43.2 Å². The highest BCUT2D eigenvalue weighted by Gasteiger charge is 2.30. The molecule has 1 atom stereocenters. The van der Waals surface area contributed by atoms with Gasteiger partial charge in [0.2, 0.25) is 11.8 Å². The summed E-state index contributed by atoms with van der Waals surface area (Å²) in [6.45, 7) is 3.68. The predicted octanol–water partition coefficient (Wildman–Crippen LogP) is 5.63. The summed E-state index contributed by atoms with van der Waals surface area (Å²) < 4.78 is 11.6. The molecule has 0 aliphatic carbocycles. The molecule has 1 aliphatic rings. The molecule has 1 fully saturated rings. The Kier molecular flexibility index (Phi) is 10.9. The molecule has 2 aromatic carbocycles. The SMILES string of the molecule is CCCCCCCC(=O)N(Cc1ccc(OCc2ccccc2)c(OC)c1)C1CCCCNC1=O. The molecule has 1 aliphatic heterocycles. The molecule has 0 radical (unpaired) electrons. The molecule has 1 heterocycles. The highest BCUT2D eigenvalue weighted by Crippen LogP contribution is 2.30. The summed E-state index contributed by atoms with van der Waals surface area (Å²) in [7, 11) is 1.62. The van der Waals surface area contributed by atoms with E-state index in [-0.39, 0.29) is 11.8 Å². The van der Waals surface area contributed by atoms with Crippen LogP contribution in [-0.2, 0) is 22.7 Å². The van der Waals surface area contributed by atoms with Crippen molar-refractivity contribution in [1.82, 2.24) is 10.2 Å². The number of carbonyl (C=O) groups is 2. The van der Waals surface area contributed by atoms with Gasteiger partial charge in [0.15, 0.2) is 11.5 Å². The Labute approximate surface area is 210 Å². The van der Waals surface area contributed by atoms with Crippen molar-refractivity contribution in [2.24, 2.45) is 0 Å². The van der Waals surface area contributed by atoms with Crippen molar-refractivity contribution in [2.45, 2.75) is 83.9 Å². The molecule has 0 bridgehead atoms. The van der Waals surface area contributed by atoms with E-state index in [4.69, 9.17) is 9.47 Å². The molecule has 1 N–H and O–H groups in total. The molecule has 0 spiro atoms. The third-order valence-corrected chi connectivity index (χ3v) is 6.52. The van der Waals surface area contributed by atoms with Gasteiger partial charge in [-0.1, -0.05) is 69.0 Å². The monoisotopic (exact) mass is 480 g/mol. The first-order valence-corrected chi connectivity index (χ1v) is 13.0. The number of ether oxygens (including phenoxy) is 2. The average Bonchev–Trinajstić information content (AvgIpc) is 3.10. The number of benzene rings is 2. The number of methoxy groups -OCH3 is 1. The van der Waals surface area contributed by atoms with Crippen LogP contribution < -0.4 is 14.8 Å². The van der Waals surface area contributed by atoms with Crippen LogP contribution in [0.15, 0.2) is 48.5 Å². The lowest BCUT2D eigenvalue weighted by Crippen LogP contribution is -2.48. The maximum atomic E-state index is 13.3. The van der Waals surface area contributed by atoms with Gasteiger partial charge in [-0.3, -0.25) is 9.59 Å². The summed E-state index contributed by atoms with van der Waals surface area (Å²) in [5, 5.41) is 2.99. The number of amides is 2. The first kappa shape index (κ1) is 26.6. The molecule has 190 valence electrons. The van der Waals surface area contributed by atoms with Crippen molar-refractivity contribution in [3.8, 4) is 11.5 Å². The summed E-state index contributed by atoms with van der Waals surface area (Å²) in [6, 6.07) is 15.3. The summed E-state index contributed by atoms with van der Waals surface area (Å²) in [4.78, 5) is 27.9. The van der Waals surface area contributed by atoms with Crippen LogP contribution in [0.3, 0.4) is 0 Å². The first-order valence-electron chi connectivity index (χ1n) is 13.0. The van der Waals surface area contributed by atoms with Crippen molar-refractivity contribution >= 4 is 11.8 Å². The zero-order valence-electron chi connectivity index (χ0n) is 21.3. The van der Waals surface area contributed by atoms with Crippen LogP contribution in [0.25, 0.3) is 0 Å². The van der Waals surface area contributed by atoms with E-state index in [1.807, 2.05) is 48.5 Å². The second-order valence-corrected chi connectivity index (χ2v) is 9.25. The minimum absolute atomic E-state index is 0.0448. The lowest BCUT2D eigenvalue weighted by molar-refractivity contribution is -0.141. The van der Waals surface area contributed by atoms with Gasteiger partial charge in [0.1, 0.15) is 12.6 Å². The van der Waals surface area contributed by atoms with Crippen LogP contribution in [0.1, 0.15) is 75.8 Å². The topological polar surface area (TPSA) is 67.9 Å². The molecule has 6 heteroatoms. The zero-order valence-corrected chi connectivity index (χ0v) is 21.3. The maximum absolute atomic E-state index is 13.3. The number of nitrogens with zero attached hydrogens (tertiary/aromatic N) is 1. The molecule has 6 nitrogen and oxygen atoms in total. The number of hydrogen-bond donors (Lipinski definition) is 1. The minimum atomic E-state index is -0.430. The van der Waals surface area contributed by atoms with Gasteiger partial charge in [-0.25, -0.2) is 0 Å². The second kappa shape index (κ2) is 14.4. The molecule has 2 amide bonds. The summed E-state index contributed by atoms with van der Waals surface area (Å²) >= 11 is 0. The standard InChI is InChI=1S/C29H40N2O4/c1-3-4-5-6-10-16-28(32)31(25-15-11-12-19-30-29(25)33)21-24-17-18-26(27(20-24)34-2)35-22-23-13-8-7-9-14-23/h7-9,13-14,17-18,20,25H,3-6,10-12,15-16,19,21-22H2,1-2H3,(H,30,33). The van der Waals surface area contributed by atoms with Gasteiger partial charge in [0, 0.05) is 19.5 Å². The third kappa shape index (κ3) is 8.30. The quantitative estimate of drug-likeness (QED) is 0.377. The Morgan fingerprint density at radius 1 is 1.00 bits per heavy atom. The van der Waals surface area contributed by atoms with E-state index in [1.54, 1.807) is 12.0 Å². The van der Waals surface area contributed by atoms with Gasteiger partial charge in [0.05, 0.1) is 7.11 Å². The lowest BCUT2D eigenvalue weighted by atomic mass is 10.0. The zero-order chi connectivity index (χ0) is 24.9. The Bertz CT molecular complexity index is 932. The number of carbonyl (C=O) groups excluding carboxylic acids is 2. The molecule has 3 rings (SSSR count). The summed E-state index contributed by atoms with van der Waals surface area (Å²) in [5.74, 6) is 1.28. The van der Waals surface area contributed by atoms with Gasteiger partial charge in [0.25, 0.3) is 0 Å². The number of unbranched alkanes of at least 4 members (excludes halogenated alkanes) is 4. The molecule has 2 aromatic rings. The summed E-state index contributed by atoms with van der Waals surface area (Å²) in [5.41, 5.74) is 2.00. The van der Waals surface area contributed by atoms with Gasteiger partial charge in [-0.05, 0) is 48.9 Å². The van der Waals surface area contributed by atoms with Gasteiger partial charge in [-0.15, -0.1) is 0 Å². The van der Waals surface area contributed by atoms with Crippen LogP contribution in [0, 0.1) is 0 Å². The molecule has 0 aromatic heterocycles. The first-order chi connectivity index (χ1) is 17.1. The fourth-order valence-corrected chi connectivity index (χ4v) is 4.48. The predicted molar refractivity (Wildman–Crippen MR) is 138 cm³/mol. The average molecular weight is 481 g/mol. The second-order valence-electron chi connectivity index (χ2n) is 9.25. The van der Waals surface area contributed by atoms with E-state index in [9.17, 15) is 9.59 Å². The van der Waals surface area contributed by atoms with Crippen molar-refractivity contribution in [3.05, 3.63) is 59.7 Å². The largest absolute Gasteiger partial charge is 0.493 e. The van der Waals surface area contributed by atoms with Gasteiger partial charge < -0.3 is 19.7 Å². The van der Waals surface area contributed by atoms with E-state index in [0.29, 0.717) is 44.0 Å². The molecule has 35 heavy (non-hydrogen) atoms. The molecule has 0 saturated carbocycles. The fourth-order valence-electron chi connectivity index (χ4n) is 4.48. The van der Waals surface area contributed by atoms with E-state index >= 15 is 0 Å². The van der Waals surface area contributed by atoms with E-state index < -0.39 is 6.04 Å². The summed E-state index contributed by atoms with van der Waals surface area (Å²) in [6.07, 6.45) is 8.48. The van der Waals surface area contributed by atoms with Crippen LogP contribution in [0.2, 0.25) is 0 Å². The lowest BCUT2D eigenvalue weighted by Gasteiger charge is -2.30. The smallest absolute Gasteiger partial charge is 0.242 e. The van der Waals surface area contributed by atoms with E-state index in [2.05, 4.69) is 12.2 Å². The normalized spacial score (nSPS) is 15.7. The van der Waals surface area contributed by atoms with Crippen LogP contribution >= 0.6 is 0 Å². The highest BCUT2D eigenvalue weighted by atomic mass is 16.5. The third-order valence-electron chi connectivity index (χ3n) is 6.52. The number of rotatable bonds is 13. The van der Waals surface area contributed by atoms with Crippen LogP contribution in [0.4, 0.5) is 0 Å². The van der Waals surface area contributed by atoms with Crippen molar-refractivity contribution in [3.63, 3.8) is 0 Å². The molecule has 1 unspecified atom stereocenters. The van der Waals surface area contributed by atoms with Crippen LogP contribution in [0.5, 0.6) is 11.5 Å². The molecular weight excluding hydrogens is 440 g/mol. The highest BCUT2D eigenvalue weighted by molar-refractivity contribution is 5.87. The van der Waals surface area contributed by atoms with Gasteiger partial charge >= 0.3 is 0 Å². The Balaban J connectivity index is 1.72. The Morgan fingerprint density at radius 2 is 1.80 bits per heavy atom. The maximum Gasteiger partial charge on any atom is 0.242 e. The van der Waals surface area contributed by atoms with Crippen molar-refractivity contribution in [2.75, 3.05) is 13.7 Å². The molecular formula is C29H40N2O4. The Morgan fingerprint density at radius 3 is 2.57 bits per heavy atom. The number of hydrogen-bond acceptors (Lipinski definition) is 4. The minimum Gasteiger partial charge on any atom is -0.493 e. The number of nitrogens with one attached hydrogen (secondary N) is 1. The van der Waals surface area contributed by atoms with Crippen molar-refractivity contribution in [1.29, 1.82) is 0 Å². The molecule has 1 saturated heterocycles. The van der Waals surface area contributed by atoms with Gasteiger partial charge in [-0.2, -0.15) is 0 Å². The van der Waals surface area contributed by atoms with Crippen LogP contribution in [-0.4, -0.2) is 36.4 Å².